The standard InChI is InChI=1S/C15H22N2O/c1-15(2,3)11-7-5-6-8-12(11)16-13-9-10-17(4)14(13)18/h5-8,13,16H,9-10H2,1-4H3. The van der Waals surface area contributed by atoms with Crippen LogP contribution in [0.3, 0.4) is 0 Å². The van der Waals surface area contributed by atoms with Crippen molar-refractivity contribution in [3.8, 4) is 0 Å². The monoisotopic (exact) mass is 246 g/mol. The molecule has 0 aromatic heterocycles. The van der Waals surface area contributed by atoms with Crippen molar-refractivity contribution in [2.24, 2.45) is 0 Å². The second-order valence-electron chi connectivity index (χ2n) is 6.04. The van der Waals surface area contributed by atoms with Gasteiger partial charge >= 0.3 is 0 Å². The molecular weight excluding hydrogens is 224 g/mol. The van der Waals surface area contributed by atoms with Crippen LogP contribution in [0.15, 0.2) is 24.3 Å². The molecule has 1 heterocycles. The minimum absolute atomic E-state index is 0.0708. The van der Waals surface area contributed by atoms with Crippen LogP contribution in [0.1, 0.15) is 32.8 Å². The van der Waals surface area contributed by atoms with E-state index in [0.717, 1.165) is 18.7 Å². The second kappa shape index (κ2) is 4.63. The van der Waals surface area contributed by atoms with Crippen molar-refractivity contribution in [2.75, 3.05) is 18.9 Å². The highest BCUT2D eigenvalue weighted by Gasteiger charge is 2.30. The molecule has 0 aliphatic carbocycles. The van der Waals surface area contributed by atoms with Gasteiger partial charge in [0.25, 0.3) is 0 Å². The Kier molecular flexibility index (Phi) is 3.33. The Labute approximate surface area is 109 Å². The number of benzene rings is 1. The van der Waals surface area contributed by atoms with E-state index in [2.05, 4.69) is 38.2 Å². The van der Waals surface area contributed by atoms with Crippen LogP contribution in [0.25, 0.3) is 0 Å². The largest absolute Gasteiger partial charge is 0.373 e. The van der Waals surface area contributed by atoms with Gasteiger partial charge in [0.05, 0.1) is 0 Å². The first-order valence-electron chi connectivity index (χ1n) is 6.50. The van der Waals surface area contributed by atoms with Gasteiger partial charge in [0.15, 0.2) is 0 Å². The summed E-state index contributed by atoms with van der Waals surface area (Å²) in [6.07, 6.45) is 0.883. The first-order valence-corrected chi connectivity index (χ1v) is 6.50. The Morgan fingerprint density at radius 1 is 1.28 bits per heavy atom. The number of para-hydroxylation sites is 1. The fourth-order valence-electron chi connectivity index (χ4n) is 2.41. The lowest BCUT2D eigenvalue weighted by Crippen LogP contribution is -2.31. The SMILES string of the molecule is CN1CCC(Nc2ccccc2C(C)(C)C)C1=O. The number of hydrogen-bond acceptors (Lipinski definition) is 2. The number of likely N-dealkylation sites (N-methyl/N-ethyl adjacent to an activating group) is 1. The van der Waals surface area contributed by atoms with Gasteiger partial charge in [0, 0.05) is 19.3 Å². The van der Waals surface area contributed by atoms with E-state index in [9.17, 15) is 4.79 Å². The number of amides is 1. The van der Waals surface area contributed by atoms with Gasteiger partial charge in [0.1, 0.15) is 6.04 Å². The van der Waals surface area contributed by atoms with Gasteiger partial charge < -0.3 is 10.2 Å². The van der Waals surface area contributed by atoms with Crippen LogP contribution in [0.5, 0.6) is 0 Å². The van der Waals surface area contributed by atoms with Gasteiger partial charge in [-0.25, -0.2) is 0 Å². The van der Waals surface area contributed by atoms with E-state index in [1.165, 1.54) is 5.56 Å². The Morgan fingerprint density at radius 2 is 1.94 bits per heavy atom. The molecule has 0 spiro atoms. The van der Waals surface area contributed by atoms with Crippen molar-refractivity contribution >= 4 is 11.6 Å². The fraction of sp³-hybridized carbons (Fsp3) is 0.533. The Morgan fingerprint density at radius 3 is 2.50 bits per heavy atom. The number of nitrogens with zero attached hydrogens (tertiary/aromatic N) is 1. The molecule has 0 radical (unpaired) electrons. The quantitative estimate of drug-likeness (QED) is 0.870. The van der Waals surface area contributed by atoms with Crippen molar-refractivity contribution in [2.45, 2.75) is 38.6 Å². The zero-order chi connectivity index (χ0) is 13.3. The number of hydrogen-bond donors (Lipinski definition) is 1. The molecule has 1 N–H and O–H groups in total. The Hall–Kier alpha value is -1.51. The summed E-state index contributed by atoms with van der Waals surface area (Å²) in [5, 5.41) is 3.40. The molecule has 1 unspecified atom stereocenters. The highest BCUT2D eigenvalue weighted by atomic mass is 16.2. The summed E-state index contributed by atoms with van der Waals surface area (Å²) in [6, 6.07) is 8.19. The Balaban J connectivity index is 2.22. The maximum atomic E-state index is 11.9. The molecule has 18 heavy (non-hydrogen) atoms. The molecule has 1 aromatic carbocycles. The van der Waals surface area contributed by atoms with E-state index in [1.807, 2.05) is 19.2 Å². The topological polar surface area (TPSA) is 32.3 Å². The molecule has 3 nitrogen and oxygen atoms in total. The third kappa shape index (κ3) is 2.50. The number of carbonyl (C=O) groups excluding carboxylic acids is 1. The lowest BCUT2D eigenvalue weighted by molar-refractivity contribution is -0.127. The number of rotatable bonds is 2. The second-order valence-corrected chi connectivity index (χ2v) is 6.04. The lowest BCUT2D eigenvalue weighted by Gasteiger charge is -2.25. The van der Waals surface area contributed by atoms with Crippen LogP contribution in [0, 0.1) is 0 Å². The van der Waals surface area contributed by atoms with E-state index in [0.29, 0.717) is 0 Å². The molecule has 1 atom stereocenters. The first-order chi connectivity index (χ1) is 8.39. The van der Waals surface area contributed by atoms with Crippen molar-refractivity contribution in [3.05, 3.63) is 29.8 Å². The van der Waals surface area contributed by atoms with Crippen molar-refractivity contribution in [1.29, 1.82) is 0 Å². The van der Waals surface area contributed by atoms with Crippen molar-refractivity contribution < 1.29 is 4.79 Å². The molecule has 1 aliphatic heterocycles. The van der Waals surface area contributed by atoms with Crippen LogP contribution in [0.4, 0.5) is 5.69 Å². The molecule has 1 aromatic rings. The average molecular weight is 246 g/mol. The minimum Gasteiger partial charge on any atom is -0.373 e. The summed E-state index contributed by atoms with van der Waals surface area (Å²) in [5.74, 6) is 0.193. The molecule has 1 fully saturated rings. The number of carbonyl (C=O) groups is 1. The maximum absolute atomic E-state index is 11.9. The van der Waals surface area contributed by atoms with Crippen molar-refractivity contribution in [3.63, 3.8) is 0 Å². The van der Waals surface area contributed by atoms with Gasteiger partial charge in [-0.3, -0.25) is 4.79 Å². The van der Waals surface area contributed by atoms with Gasteiger partial charge in [-0.05, 0) is 23.5 Å². The zero-order valence-electron chi connectivity index (χ0n) is 11.7. The summed E-state index contributed by atoms with van der Waals surface area (Å²) >= 11 is 0. The maximum Gasteiger partial charge on any atom is 0.244 e. The molecular formula is C15H22N2O. The summed E-state index contributed by atoms with van der Waals surface area (Å²) in [6.45, 7) is 7.41. The summed E-state index contributed by atoms with van der Waals surface area (Å²) in [4.78, 5) is 13.7. The summed E-state index contributed by atoms with van der Waals surface area (Å²) in [7, 11) is 1.86. The van der Waals surface area contributed by atoms with Crippen molar-refractivity contribution in [1.82, 2.24) is 4.90 Å². The fourth-order valence-corrected chi connectivity index (χ4v) is 2.41. The predicted molar refractivity (Wildman–Crippen MR) is 74.8 cm³/mol. The molecule has 3 heteroatoms. The van der Waals surface area contributed by atoms with Gasteiger partial charge in [0.2, 0.25) is 5.91 Å². The first kappa shape index (κ1) is 12.9. The van der Waals surface area contributed by atoms with Gasteiger partial charge in [-0.1, -0.05) is 39.0 Å². The van der Waals surface area contributed by atoms with Crippen LogP contribution < -0.4 is 5.32 Å². The molecule has 0 saturated carbocycles. The molecule has 1 saturated heterocycles. The van der Waals surface area contributed by atoms with E-state index in [-0.39, 0.29) is 17.4 Å². The van der Waals surface area contributed by atoms with Crippen LogP contribution in [-0.2, 0) is 10.2 Å². The molecule has 2 rings (SSSR count). The van der Waals surface area contributed by atoms with E-state index in [4.69, 9.17) is 0 Å². The van der Waals surface area contributed by atoms with E-state index >= 15 is 0 Å². The van der Waals surface area contributed by atoms with Gasteiger partial charge in [-0.2, -0.15) is 0 Å². The highest BCUT2D eigenvalue weighted by molar-refractivity contribution is 5.86. The van der Waals surface area contributed by atoms with E-state index < -0.39 is 0 Å². The Bertz CT molecular complexity index is 448. The number of nitrogens with one attached hydrogen (secondary N) is 1. The molecule has 98 valence electrons. The summed E-state index contributed by atoms with van der Waals surface area (Å²) in [5.41, 5.74) is 2.42. The predicted octanol–water partition coefficient (Wildman–Crippen LogP) is 2.63. The third-order valence-electron chi connectivity index (χ3n) is 3.49. The summed E-state index contributed by atoms with van der Waals surface area (Å²) < 4.78 is 0. The lowest BCUT2D eigenvalue weighted by atomic mass is 9.85. The van der Waals surface area contributed by atoms with Crippen LogP contribution in [0.2, 0.25) is 0 Å². The van der Waals surface area contributed by atoms with Crippen LogP contribution in [-0.4, -0.2) is 30.4 Å². The molecule has 1 amide bonds. The molecule has 1 aliphatic rings. The van der Waals surface area contributed by atoms with E-state index in [1.54, 1.807) is 4.90 Å². The third-order valence-corrected chi connectivity index (χ3v) is 3.49. The van der Waals surface area contributed by atoms with Crippen LogP contribution >= 0.6 is 0 Å². The number of anilines is 1. The molecule has 0 bridgehead atoms. The average Bonchev–Trinajstić information content (AvgIpc) is 2.60. The highest BCUT2D eigenvalue weighted by Crippen LogP contribution is 2.30. The number of likely N-dealkylation sites (tertiary alicyclic amines) is 1. The minimum atomic E-state index is -0.0708. The van der Waals surface area contributed by atoms with Gasteiger partial charge in [-0.15, -0.1) is 0 Å². The normalized spacial score (nSPS) is 20.3. The zero-order valence-corrected chi connectivity index (χ0v) is 11.7. The smallest absolute Gasteiger partial charge is 0.244 e.